The summed E-state index contributed by atoms with van der Waals surface area (Å²) in [5.74, 6) is 0.410. The Kier molecular flexibility index (Phi) is 5.65. The molecule has 1 aromatic rings. The van der Waals surface area contributed by atoms with Crippen molar-refractivity contribution in [1.82, 2.24) is 0 Å². The van der Waals surface area contributed by atoms with Crippen LogP contribution >= 0.6 is 0 Å². The predicted molar refractivity (Wildman–Crippen MR) is 63.2 cm³/mol. The summed E-state index contributed by atoms with van der Waals surface area (Å²) in [5.41, 5.74) is 0.300. The quantitative estimate of drug-likeness (QED) is 0.594. The molecule has 0 bridgehead atoms. The molecule has 4 nitrogen and oxygen atoms in total. The lowest BCUT2D eigenvalue weighted by molar-refractivity contribution is -0.215. The molecule has 0 heterocycles. The van der Waals surface area contributed by atoms with Gasteiger partial charge in [0.25, 0.3) is 0 Å². The smallest absolute Gasteiger partial charge is 0.488 e. The zero-order valence-corrected chi connectivity index (χ0v) is 10.2. The van der Waals surface area contributed by atoms with Crippen LogP contribution in [0.1, 0.15) is 6.92 Å². The molecule has 0 aromatic heterocycles. The first-order chi connectivity index (χ1) is 8.80. The fraction of sp³-hybridized carbons (Fsp3) is 0.455. The minimum atomic E-state index is -4.38. The van der Waals surface area contributed by atoms with Crippen molar-refractivity contribution in [3.8, 4) is 5.75 Å². The van der Waals surface area contributed by atoms with E-state index in [1.165, 1.54) is 24.3 Å². The molecule has 0 aliphatic rings. The van der Waals surface area contributed by atoms with Crippen LogP contribution in [0, 0.1) is 0 Å². The average molecular weight is 278 g/mol. The van der Waals surface area contributed by atoms with Crippen molar-refractivity contribution < 1.29 is 32.7 Å². The number of alkyl halides is 3. The van der Waals surface area contributed by atoms with E-state index in [-0.39, 0.29) is 13.2 Å². The predicted octanol–water partition coefficient (Wildman–Crippen LogP) is 0.713. The molecule has 0 amide bonds. The zero-order valence-electron chi connectivity index (χ0n) is 10.2. The number of halogens is 3. The Balaban J connectivity index is 2.30. The molecule has 106 valence electrons. The molecule has 0 aliphatic heterocycles. The van der Waals surface area contributed by atoms with E-state index < -0.39 is 19.4 Å². The molecule has 1 unspecified atom stereocenters. The molecule has 0 aliphatic carbocycles. The second-order valence-corrected chi connectivity index (χ2v) is 3.85. The second-order valence-electron chi connectivity index (χ2n) is 3.85. The van der Waals surface area contributed by atoms with Crippen molar-refractivity contribution in [3.63, 3.8) is 0 Å². The normalized spacial score (nSPS) is 13.2. The van der Waals surface area contributed by atoms with Gasteiger partial charge in [-0.1, -0.05) is 12.1 Å². The first-order valence-corrected chi connectivity index (χ1v) is 5.58. The van der Waals surface area contributed by atoms with Crippen molar-refractivity contribution in [2.45, 2.75) is 19.2 Å². The van der Waals surface area contributed by atoms with Gasteiger partial charge in [0.05, 0.1) is 6.61 Å². The Bertz CT molecular complexity index is 381. The third-order valence-corrected chi connectivity index (χ3v) is 2.36. The van der Waals surface area contributed by atoms with E-state index in [0.717, 1.165) is 6.92 Å². The van der Waals surface area contributed by atoms with Crippen LogP contribution in [0.25, 0.3) is 0 Å². The molecule has 19 heavy (non-hydrogen) atoms. The van der Waals surface area contributed by atoms with Gasteiger partial charge in [0.15, 0.2) is 6.10 Å². The summed E-state index contributed by atoms with van der Waals surface area (Å²) in [6, 6.07) is 5.86. The Morgan fingerprint density at radius 1 is 1.16 bits per heavy atom. The van der Waals surface area contributed by atoms with E-state index in [1.54, 1.807) is 0 Å². The van der Waals surface area contributed by atoms with Crippen molar-refractivity contribution >= 4 is 12.6 Å². The van der Waals surface area contributed by atoms with Crippen molar-refractivity contribution in [1.29, 1.82) is 0 Å². The van der Waals surface area contributed by atoms with E-state index >= 15 is 0 Å². The molecule has 0 spiro atoms. The number of ether oxygens (including phenoxy) is 2. The van der Waals surface area contributed by atoms with Crippen molar-refractivity contribution in [3.05, 3.63) is 24.3 Å². The van der Waals surface area contributed by atoms with Crippen LogP contribution in [0.15, 0.2) is 24.3 Å². The van der Waals surface area contributed by atoms with Crippen LogP contribution in [0.4, 0.5) is 13.2 Å². The van der Waals surface area contributed by atoms with Gasteiger partial charge in [0.1, 0.15) is 12.4 Å². The maximum absolute atomic E-state index is 12.1. The first-order valence-electron chi connectivity index (χ1n) is 5.58. The summed E-state index contributed by atoms with van der Waals surface area (Å²) in [6.45, 7) is 0.712. The van der Waals surface area contributed by atoms with Crippen LogP contribution in [0.2, 0.25) is 0 Å². The molecule has 8 heteroatoms. The summed E-state index contributed by atoms with van der Waals surface area (Å²) >= 11 is 0. The Labute approximate surface area is 108 Å². The van der Waals surface area contributed by atoms with Crippen LogP contribution in [0.5, 0.6) is 5.75 Å². The highest BCUT2D eigenvalue weighted by atomic mass is 19.4. The number of benzene rings is 1. The van der Waals surface area contributed by atoms with Crippen molar-refractivity contribution in [2.24, 2.45) is 0 Å². The Hall–Kier alpha value is -1.25. The summed E-state index contributed by atoms with van der Waals surface area (Å²) in [4.78, 5) is 0. The molecule has 0 radical (unpaired) electrons. The molecule has 0 fully saturated rings. The van der Waals surface area contributed by atoms with E-state index in [1.807, 2.05) is 0 Å². The molecule has 1 aromatic carbocycles. The van der Waals surface area contributed by atoms with Crippen LogP contribution in [-0.4, -0.2) is 42.7 Å². The highest BCUT2D eigenvalue weighted by molar-refractivity contribution is 6.58. The number of hydrogen-bond acceptors (Lipinski definition) is 4. The van der Waals surface area contributed by atoms with Crippen LogP contribution in [-0.2, 0) is 4.74 Å². The fourth-order valence-electron chi connectivity index (χ4n) is 1.22. The summed E-state index contributed by atoms with van der Waals surface area (Å²) < 4.78 is 46.0. The van der Waals surface area contributed by atoms with E-state index in [4.69, 9.17) is 14.8 Å². The molecule has 1 atom stereocenters. The molecule has 2 N–H and O–H groups in total. The van der Waals surface area contributed by atoms with E-state index in [2.05, 4.69) is 4.74 Å². The average Bonchev–Trinajstić information content (AvgIpc) is 2.33. The van der Waals surface area contributed by atoms with Gasteiger partial charge in [-0.05, 0) is 24.5 Å². The van der Waals surface area contributed by atoms with Gasteiger partial charge in [0, 0.05) is 0 Å². The molecular formula is C11H14BF3O4. The van der Waals surface area contributed by atoms with Crippen LogP contribution < -0.4 is 10.2 Å². The Morgan fingerprint density at radius 3 is 2.21 bits per heavy atom. The van der Waals surface area contributed by atoms with Gasteiger partial charge in [-0.25, -0.2) is 0 Å². The van der Waals surface area contributed by atoms with Crippen molar-refractivity contribution in [2.75, 3.05) is 13.2 Å². The highest BCUT2D eigenvalue weighted by Gasteiger charge is 2.36. The highest BCUT2D eigenvalue weighted by Crippen LogP contribution is 2.22. The second kappa shape index (κ2) is 6.79. The number of hydrogen-bond donors (Lipinski definition) is 2. The van der Waals surface area contributed by atoms with Gasteiger partial charge in [-0.15, -0.1) is 0 Å². The zero-order chi connectivity index (χ0) is 14.5. The largest absolute Gasteiger partial charge is 0.491 e. The van der Waals surface area contributed by atoms with E-state index in [9.17, 15) is 13.2 Å². The van der Waals surface area contributed by atoms with Crippen LogP contribution in [0.3, 0.4) is 0 Å². The third kappa shape index (κ3) is 5.50. The third-order valence-electron chi connectivity index (χ3n) is 2.36. The molecule has 0 saturated carbocycles. The van der Waals surface area contributed by atoms with Gasteiger partial charge in [0.2, 0.25) is 0 Å². The minimum Gasteiger partial charge on any atom is -0.491 e. The van der Waals surface area contributed by atoms with Gasteiger partial charge in [-0.2, -0.15) is 13.2 Å². The summed E-state index contributed by atoms with van der Waals surface area (Å²) in [6.07, 6.45) is -6.21. The summed E-state index contributed by atoms with van der Waals surface area (Å²) in [7, 11) is -1.56. The van der Waals surface area contributed by atoms with Gasteiger partial charge >= 0.3 is 13.3 Å². The first kappa shape index (κ1) is 15.8. The monoisotopic (exact) mass is 278 g/mol. The summed E-state index contributed by atoms with van der Waals surface area (Å²) in [5, 5.41) is 17.7. The molecule has 0 saturated heterocycles. The van der Waals surface area contributed by atoms with Gasteiger partial charge in [-0.3, -0.25) is 0 Å². The maximum Gasteiger partial charge on any atom is 0.488 e. The standard InChI is InChI=1S/C11H14BF3O4/c1-8(11(13,14)15)18-6-7-19-10-4-2-9(3-5-10)12(16)17/h2-5,8,16-17H,6-7H2,1H3. The number of rotatable bonds is 6. The fourth-order valence-corrected chi connectivity index (χ4v) is 1.22. The lowest BCUT2D eigenvalue weighted by Crippen LogP contribution is -2.30. The SMILES string of the molecule is CC(OCCOc1ccc(B(O)O)cc1)C(F)(F)F. The maximum atomic E-state index is 12.1. The lowest BCUT2D eigenvalue weighted by Gasteiger charge is -2.16. The topological polar surface area (TPSA) is 58.9 Å². The Morgan fingerprint density at radius 2 is 1.74 bits per heavy atom. The van der Waals surface area contributed by atoms with E-state index in [0.29, 0.717) is 11.2 Å². The molecule has 1 rings (SSSR count). The lowest BCUT2D eigenvalue weighted by atomic mass is 9.80. The minimum absolute atomic E-state index is 0.0263. The van der Waals surface area contributed by atoms with Gasteiger partial charge < -0.3 is 19.5 Å². The molecular weight excluding hydrogens is 264 g/mol.